The fraction of sp³-hybridized carbons (Fsp3) is 0.600. The smallest absolute Gasteiger partial charge is 0.292 e. The van der Waals surface area contributed by atoms with E-state index in [1.807, 2.05) is 6.07 Å². The number of nitrogens with zero attached hydrogens (tertiary/aromatic N) is 2. The average Bonchev–Trinajstić information content (AvgIpc) is 2.48. The van der Waals surface area contributed by atoms with E-state index in [4.69, 9.17) is 0 Å². The summed E-state index contributed by atoms with van der Waals surface area (Å²) in [6, 6.07) is 5.53. The third-order valence-electron chi connectivity index (χ3n) is 3.76. The van der Waals surface area contributed by atoms with Crippen LogP contribution in [0.3, 0.4) is 0 Å². The summed E-state index contributed by atoms with van der Waals surface area (Å²) in [6.45, 7) is 5.67. The molecule has 0 fully saturated rings. The summed E-state index contributed by atoms with van der Waals surface area (Å²) in [5, 5.41) is 23.0. The number of aliphatic hydroxyl groups is 1. The Morgan fingerprint density at radius 3 is 2.52 bits per heavy atom. The van der Waals surface area contributed by atoms with Gasteiger partial charge in [-0.15, -0.1) is 0 Å². The molecule has 6 heteroatoms. The molecule has 0 unspecified atom stereocenters. The van der Waals surface area contributed by atoms with E-state index in [9.17, 15) is 15.2 Å². The summed E-state index contributed by atoms with van der Waals surface area (Å²) in [7, 11) is 1.68. The van der Waals surface area contributed by atoms with Gasteiger partial charge in [0.15, 0.2) is 0 Å². The number of nitro groups is 1. The lowest BCUT2D eigenvalue weighted by Gasteiger charge is -2.30. The summed E-state index contributed by atoms with van der Waals surface area (Å²) < 4.78 is 0. The summed E-state index contributed by atoms with van der Waals surface area (Å²) in [5.41, 5.74) is 1.61. The second-order valence-corrected chi connectivity index (χ2v) is 5.02. The van der Waals surface area contributed by atoms with E-state index in [0.717, 1.165) is 18.4 Å². The van der Waals surface area contributed by atoms with Crippen LogP contribution in [0, 0.1) is 10.1 Å². The van der Waals surface area contributed by atoms with E-state index in [-0.39, 0.29) is 17.2 Å². The maximum absolute atomic E-state index is 10.9. The molecule has 21 heavy (non-hydrogen) atoms. The van der Waals surface area contributed by atoms with Crippen molar-refractivity contribution in [3.63, 3.8) is 0 Å². The number of anilines is 1. The SMILES string of the molecule is CCC(CC)N(CCO)Cc1ccc([N+](=O)[O-])c(NC)c1. The van der Waals surface area contributed by atoms with E-state index in [1.165, 1.54) is 6.07 Å². The van der Waals surface area contributed by atoms with E-state index in [0.29, 0.717) is 24.8 Å². The molecule has 0 aromatic heterocycles. The van der Waals surface area contributed by atoms with Crippen molar-refractivity contribution in [3.05, 3.63) is 33.9 Å². The van der Waals surface area contributed by atoms with Crippen molar-refractivity contribution in [2.45, 2.75) is 39.3 Å². The summed E-state index contributed by atoms with van der Waals surface area (Å²) in [4.78, 5) is 12.8. The van der Waals surface area contributed by atoms with Crippen molar-refractivity contribution in [2.75, 3.05) is 25.5 Å². The van der Waals surface area contributed by atoms with Gasteiger partial charge in [-0.1, -0.05) is 19.9 Å². The lowest BCUT2D eigenvalue weighted by atomic mass is 10.1. The van der Waals surface area contributed by atoms with Gasteiger partial charge < -0.3 is 10.4 Å². The maximum atomic E-state index is 10.9. The van der Waals surface area contributed by atoms with Crippen LogP contribution in [0.25, 0.3) is 0 Å². The minimum absolute atomic E-state index is 0.0810. The predicted molar refractivity (Wildman–Crippen MR) is 84.5 cm³/mol. The summed E-state index contributed by atoms with van der Waals surface area (Å²) >= 11 is 0. The molecule has 118 valence electrons. The topological polar surface area (TPSA) is 78.6 Å². The maximum Gasteiger partial charge on any atom is 0.292 e. The quantitative estimate of drug-likeness (QED) is 0.541. The van der Waals surface area contributed by atoms with Crippen molar-refractivity contribution in [1.82, 2.24) is 4.90 Å². The molecule has 0 bridgehead atoms. The van der Waals surface area contributed by atoms with Gasteiger partial charge in [-0.3, -0.25) is 15.0 Å². The number of hydrogen-bond donors (Lipinski definition) is 2. The molecule has 0 atom stereocenters. The highest BCUT2D eigenvalue weighted by atomic mass is 16.6. The molecule has 0 saturated heterocycles. The normalized spacial score (nSPS) is 11.1. The number of nitro benzene ring substituents is 1. The zero-order chi connectivity index (χ0) is 15.8. The van der Waals surface area contributed by atoms with Gasteiger partial charge in [0.1, 0.15) is 5.69 Å². The number of rotatable bonds is 9. The molecule has 0 saturated carbocycles. The van der Waals surface area contributed by atoms with Gasteiger partial charge in [0.2, 0.25) is 0 Å². The molecule has 0 aliphatic rings. The highest BCUT2D eigenvalue weighted by Gasteiger charge is 2.17. The molecule has 0 spiro atoms. The molecular weight excluding hydrogens is 270 g/mol. The minimum atomic E-state index is -0.387. The van der Waals surface area contributed by atoms with Crippen LogP contribution in [-0.4, -0.2) is 41.2 Å². The predicted octanol–water partition coefficient (Wildman–Crippen LogP) is 2.62. The molecule has 1 aromatic carbocycles. The average molecular weight is 295 g/mol. The number of hydrogen-bond acceptors (Lipinski definition) is 5. The van der Waals surface area contributed by atoms with Crippen molar-refractivity contribution >= 4 is 11.4 Å². The van der Waals surface area contributed by atoms with Crippen LogP contribution in [-0.2, 0) is 6.54 Å². The van der Waals surface area contributed by atoms with Crippen LogP contribution in [0.15, 0.2) is 18.2 Å². The highest BCUT2D eigenvalue weighted by Crippen LogP contribution is 2.26. The Labute approximate surface area is 125 Å². The molecule has 0 amide bonds. The van der Waals surface area contributed by atoms with Crippen molar-refractivity contribution < 1.29 is 10.0 Å². The van der Waals surface area contributed by atoms with Crippen molar-refractivity contribution in [1.29, 1.82) is 0 Å². The van der Waals surface area contributed by atoms with Crippen molar-refractivity contribution in [2.24, 2.45) is 0 Å². The lowest BCUT2D eigenvalue weighted by Crippen LogP contribution is -2.36. The molecule has 1 aromatic rings. The molecule has 1 rings (SSSR count). The van der Waals surface area contributed by atoms with E-state index < -0.39 is 0 Å². The van der Waals surface area contributed by atoms with Gasteiger partial charge in [0.05, 0.1) is 11.5 Å². The first-order valence-corrected chi connectivity index (χ1v) is 7.37. The van der Waals surface area contributed by atoms with Gasteiger partial charge in [-0.05, 0) is 24.5 Å². The molecule has 0 aliphatic heterocycles. The van der Waals surface area contributed by atoms with Gasteiger partial charge in [0, 0.05) is 32.2 Å². The summed E-state index contributed by atoms with van der Waals surface area (Å²) in [5.74, 6) is 0. The van der Waals surface area contributed by atoms with Crippen LogP contribution in [0.4, 0.5) is 11.4 Å². The molecule has 2 N–H and O–H groups in total. The highest BCUT2D eigenvalue weighted by molar-refractivity contribution is 5.62. The number of benzene rings is 1. The fourth-order valence-corrected chi connectivity index (χ4v) is 2.60. The Hall–Kier alpha value is -1.66. The van der Waals surface area contributed by atoms with Crippen molar-refractivity contribution in [3.8, 4) is 0 Å². The fourth-order valence-electron chi connectivity index (χ4n) is 2.60. The Balaban J connectivity index is 2.96. The van der Waals surface area contributed by atoms with Crippen LogP contribution >= 0.6 is 0 Å². The first kappa shape index (κ1) is 17.4. The lowest BCUT2D eigenvalue weighted by molar-refractivity contribution is -0.384. The first-order valence-electron chi connectivity index (χ1n) is 7.37. The standard InChI is InChI=1S/C15H25N3O3/c1-4-13(5-2)17(8-9-19)11-12-6-7-15(18(20)21)14(10-12)16-3/h6-7,10,13,16,19H,4-5,8-9,11H2,1-3H3. The van der Waals surface area contributed by atoms with E-state index >= 15 is 0 Å². The molecular formula is C15H25N3O3. The Kier molecular flexibility index (Phi) is 7.11. The molecule has 0 heterocycles. The van der Waals surface area contributed by atoms with Gasteiger partial charge in [0.25, 0.3) is 5.69 Å². The first-order chi connectivity index (χ1) is 10.1. The third-order valence-corrected chi connectivity index (χ3v) is 3.76. The van der Waals surface area contributed by atoms with Crippen LogP contribution in [0.2, 0.25) is 0 Å². The second-order valence-electron chi connectivity index (χ2n) is 5.02. The van der Waals surface area contributed by atoms with Crippen LogP contribution < -0.4 is 5.32 Å². The zero-order valence-corrected chi connectivity index (χ0v) is 13.0. The Morgan fingerprint density at radius 1 is 1.38 bits per heavy atom. The van der Waals surface area contributed by atoms with Crippen LogP contribution in [0.5, 0.6) is 0 Å². The zero-order valence-electron chi connectivity index (χ0n) is 13.0. The second kappa shape index (κ2) is 8.59. The molecule has 6 nitrogen and oxygen atoms in total. The van der Waals surface area contributed by atoms with E-state index in [1.54, 1.807) is 13.1 Å². The van der Waals surface area contributed by atoms with Crippen LogP contribution in [0.1, 0.15) is 32.3 Å². The van der Waals surface area contributed by atoms with Gasteiger partial charge in [-0.2, -0.15) is 0 Å². The van der Waals surface area contributed by atoms with Gasteiger partial charge >= 0.3 is 0 Å². The summed E-state index contributed by atoms with van der Waals surface area (Å²) in [6.07, 6.45) is 2.03. The van der Waals surface area contributed by atoms with Gasteiger partial charge in [-0.25, -0.2) is 0 Å². The molecule has 0 aliphatic carbocycles. The number of nitrogens with one attached hydrogen (secondary N) is 1. The third kappa shape index (κ3) is 4.68. The van der Waals surface area contributed by atoms with E-state index in [2.05, 4.69) is 24.1 Å². The Bertz CT molecular complexity index is 461. The molecule has 0 radical (unpaired) electrons. The largest absolute Gasteiger partial charge is 0.395 e. The number of aliphatic hydroxyl groups excluding tert-OH is 1. The minimum Gasteiger partial charge on any atom is -0.395 e. The monoisotopic (exact) mass is 295 g/mol. The Morgan fingerprint density at radius 2 is 2.05 bits per heavy atom.